The van der Waals surface area contributed by atoms with Gasteiger partial charge in [0.05, 0.1) is 0 Å². The van der Waals surface area contributed by atoms with Crippen molar-refractivity contribution >= 4 is 23.4 Å². The molecule has 2 rings (SSSR count). The van der Waals surface area contributed by atoms with Crippen molar-refractivity contribution in [2.24, 2.45) is 0 Å². The molecule has 88 valence electrons. The predicted octanol–water partition coefficient (Wildman–Crippen LogP) is 2.59. The van der Waals surface area contributed by atoms with E-state index in [0.29, 0.717) is 16.0 Å². The fourth-order valence-corrected chi connectivity index (χ4v) is 2.02. The lowest BCUT2D eigenvalue weighted by Gasteiger charge is -2.02. The summed E-state index contributed by atoms with van der Waals surface area (Å²) >= 11 is 7.31. The molecule has 2 aromatic rings. The molecule has 1 heterocycles. The van der Waals surface area contributed by atoms with E-state index in [0.717, 1.165) is 11.3 Å². The zero-order chi connectivity index (χ0) is 12.3. The van der Waals surface area contributed by atoms with E-state index in [2.05, 4.69) is 16.8 Å². The third kappa shape index (κ3) is 2.62. The van der Waals surface area contributed by atoms with Crippen molar-refractivity contribution in [3.05, 3.63) is 41.9 Å². The van der Waals surface area contributed by atoms with Crippen LogP contribution in [0.15, 0.2) is 42.1 Å². The van der Waals surface area contributed by atoms with E-state index in [9.17, 15) is 0 Å². The highest BCUT2D eigenvalue weighted by Crippen LogP contribution is 2.22. The number of nitrogens with zero attached hydrogens (tertiary/aromatic N) is 3. The van der Waals surface area contributed by atoms with E-state index in [1.807, 2.05) is 12.1 Å². The first-order valence-corrected chi connectivity index (χ1v) is 6.29. The molecular weight excluding hydrogens is 256 g/mol. The normalized spacial score (nSPS) is 10.4. The molecule has 2 N–H and O–H groups in total. The third-order valence-corrected chi connectivity index (χ3v) is 3.29. The second-order valence-electron chi connectivity index (χ2n) is 3.28. The van der Waals surface area contributed by atoms with Crippen molar-refractivity contribution in [3.63, 3.8) is 0 Å². The van der Waals surface area contributed by atoms with Gasteiger partial charge in [-0.05, 0) is 24.3 Å². The van der Waals surface area contributed by atoms with Crippen LogP contribution in [-0.2, 0) is 0 Å². The summed E-state index contributed by atoms with van der Waals surface area (Å²) in [6.45, 7) is 3.65. The van der Waals surface area contributed by atoms with Gasteiger partial charge in [-0.3, -0.25) is 0 Å². The maximum absolute atomic E-state index is 5.92. The van der Waals surface area contributed by atoms with E-state index in [4.69, 9.17) is 17.4 Å². The first kappa shape index (κ1) is 12.0. The van der Waals surface area contributed by atoms with Crippen LogP contribution in [0.25, 0.3) is 11.4 Å². The topological polar surface area (TPSA) is 56.7 Å². The molecule has 0 radical (unpaired) electrons. The molecule has 17 heavy (non-hydrogen) atoms. The van der Waals surface area contributed by atoms with Gasteiger partial charge in [-0.1, -0.05) is 29.4 Å². The first-order chi connectivity index (χ1) is 8.22. The highest BCUT2D eigenvalue weighted by molar-refractivity contribution is 7.99. The van der Waals surface area contributed by atoms with Gasteiger partial charge in [-0.15, -0.1) is 16.8 Å². The number of hydrogen-bond donors (Lipinski definition) is 1. The standard InChI is InChI=1S/C11H11ClN4S/c1-2-7-17-11-15-14-10(16(11)13)8-3-5-9(12)6-4-8/h2-6H,1,7,13H2. The molecule has 0 atom stereocenters. The molecule has 0 bridgehead atoms. The Morgan fingerprint density at radius 1 is 1.35 bits per heavy atom. The second-order valence-corrected chi connectivity index (χ2v) is 4.71. The molecule has 4 nitrogen and oxygen atoms in total. The van der Waals surface area contributed by atoms with E-state index < -0.39 is 0 Å². The number of halogens is 1. The van der Waals surface area contributed by atoms with Crippen LogP contribution in [0.3, 0.4) is 0 Å². The zero-order valence-electron chi connectivity index (χ0n) is 9.01. The van der Waals surface area contributed by atoms with E-state index in [1.54, 1.807) is 18.2 Å². The Kier molecular flexibility index (Phi) is 3.71. The maximum Gasteiger partial charge on any atom is 0.210 e. The van der Waals surface area contributed by atoms with Crippen molar-refractivity contribution in [1.82, 2.24) is 14.9 Å². The molecule has 0 amide bonds. The molecule has 1 aromatic heterocycles. The van der Waals surface area contributed by atoms with Crippen LogP contribution in [0.4, 0.5) is 0 Å². The summed E-state index contributed by atoms with van der Waals surface area (Å²) in [5.74, 6) is 7.28. The van der Waals surface area contributed by atoms with E-state index in [-0.39, 0.29) is 0 Å². The zero-order valence-corrected chi connectivity index (χ0v) is 10.6. The lowest BCUT2D eigenvalue weighted by atomic mass is 10.2. The van der Waals surface area contributed by atoms with Crippen LogP contribution in [0.1, 0.15) is 0 Å². The number of thioether (sulfide) groups is 1. The van der Waals surface area contributed by atoms with Crippen molar-refractivity contribution in [1.29, 1.82) is 0 Å². The molecule has 0 aliphatic rings. The molecule has 6 heteroatoms. The summed E-state index contributed by atoms with van der Waals surface area (Å²) in [4.78, 5) is 0. The smallest absolute Gasteiger partial charge is 0.210 e. The third-order valence-electron chi connectivity index (χ3n) is 2.10. The summed E-state index contributed by atoms with van der Waals surface area (Å²) in [5, 5.41) is 9.42. The minimum atomic E-state index is 0.619. The second kappa shape index (κ2) is 5.25. The molecule has 0 spiro atoms. The Morgan fingerprint density at radius 2 is 2.06 bits per heavy atom. The number of rotatable bonds is 4. The molecule has 0 fully saturated rings. The Hall–Kier alpha value is -1.46. The van der Waals surface area contributed by atoms with Crippen molar-refractivity contribution in [2.45, 2.75) is 5.16 Å². The number of nitrogen functional groups attached to an aromatic ring is 1. The Bertz CT molecular complexity index is 521. The van der Waals surface area contributed by atoms with Gasteiger partial charge in [0.25, 0.3) is 0 Å². The van der Waals surface area contributed by atoms with Gasteiger partial charge in [0.2, 0.25) is 5.16 Å². The van der Waals surface area contributed by atoms with Crippen LogP contribution >= 0.6 is 23.4 Å². The summed E-state index contributed by atoms with van der Waals surface area (Å²) in [6.07, 6.45) is 1.79. The fourth-order valence-electron chi connectivity index (χ4n) is 1.30. The average Bonchev–Trinajstić information content (AvgIpc) is 2.69. The Labute approximate surface area is 108 Å². The van der Waals surface area contributed by atoms with Crippen LogP contribution in [0, 0.1) is 0 Å². The van der Waals surface area contributed by atoms with Gasteiger partial charge in [-0.25, -0.2) is 4.68 Å². The molecule has 0 saturated heterocycles. The lowest BCUT2D eigenvalue weighted by Crippen LogP contribution is -2.11. The minimum absolute atomic E-state index is 0.619. The predicted molar refractivity (Wildman–Crippen MR) is 71.5 cm³/mol. The molecule has 0 aliphatic heterocycles. The van der Waals surface area contributed by atoms with Gasteiger partial charge in [-0.2, -0.15) is 0 Å². The van der Waals surface area contributed by atoms with Gasteiger partial charge in [0, 0.05) is 16.3 Å². The monoisotopic (exact) mass is 266 g/mol. The average molecular weight is 267 g/mol. The van der Waals surface area contributed by atoms with Crippen LogP contribution in [0.5, 0.6) is 0 Å². The Morgan fingerprint density at radius 3 is 2.71 bits per heavy atom. The summed E-state index contributed by atoms with van der Waals surface area (Å²) < 4.78 is 1.47. The van der Waals surface area contributed by atoms with Crippen LogP contribution in [0.2, 0.25) is 5.02 Å². The molecule has 0 aliphatic carbocycles. The van der Waals surface area contributed by atoms with Crippen LogP contribution < -0.4 is 5.84 Å². The van der Waals surface area contributed by atoms with Gasteiger partial charge in [0.15, 0.2) is 5.82 Å². The summed E-state index contributed by atoms with van der Waals surface area (Å²) in [6, 6.07) is 7.31. The highest BCUT2D eigenvalue weighted by atomic mass is 35.5. The molecule has 1 aromatic carbocycles. The summed E-state index contributed by atoms with van der Waals surface area (Å²) in [7, 11) is 0. The lowest BCUT2D eigenvalue weighted by molar-refractivity contribution is 0.851. The van der Waals surface area contributed by atoms with Crippen molar-refractivity contribution < 1.29 is 0 Å². The molecular formula is C11H11ClN4S. The van der Waals surface area contributed by atoms with Gasteiger partial charge < -0.3 is 5.84 Å². The van der Waals surface area contributed by atoms with Gasteiger partial charge in [0.1, 0.15) is 0 Å². The number of benzene rings is 1. The molecule has 0 unspecified atom stereocenters. The maximum atomic E-state index is 5.92. The fraction of sp³-hybridized carbons (Fsp3) is 0.0909. The summed E-state index contributed by atoms with van der Waals surface area (Å²) in [5.41, 5.74) is 0.884. The van der Waals surface area contributed by atoms with Crippen molar-refractivity contribution in [3.8, 4) is 11.4 Å². The first-order valence-electron chi connectivity index (χ1n) is 4.92. The van der Waals surface area contributed by atoms with Crippen molar-refractivity contribution in [2.75, 3.05) is 11.6 Å². The SMILES string of the molecule is C=CCSc1nnc(-c2ccc(Cl)cc2)n1N. The quantitative estimate of drug-likeness (QED) is 0.525. The highest BCUT2D eigenvalue weighted by Gasteiger charge is 2.11. The Balaban J connectivity index is 2.30. The minimum Gasteiger partial charge on any atom is -0.335 e. The molecule has 0 saturated carbocycles. The largest absolute Gasteiger partial charge is 0.335 e. The number of hydrogen-bond acceptors (Lipinski definition) is 4. The number of aromatic nitrogens is 3. The van der Waals surface area contributed by atoms with Gasteiger partial charge >= 0.3 is 0 Å². The van der Waals surface area contributed by atoms with Crippen LogP contribution in [-0.4, -0.2) is 20.6 Å². The van der Waals surface area contributed by atoms with E-state index in [1.165, 1.54) is 16.4 Å². The number of nitrogens with two attached hydrogens (primary N) is 1. The van der Waals surface area contributed by atoms with E-state index >= 15 is 0 Å².